The number of hydrogen-bond donors (Lipinski definition) is 1. The van der Waals surface area contributed by atoms with E-state index >= 15 is 0 Å². The van der Waals surface area contributed by atoms with Crippen molar-refractivity contribution in [1.29, 1.82) is 0 Å². The summed E-state index contributed by atoms with van der Waals surface area (Å²) in [6.07, 6.45) is -6.22. The first-order chi connectivity index (χ1) is 7.79. The minimum absolute atomic E-state index is 0.0147. The second-order valence-corrected chi connectivity index (χ2v) is 4.53. The van der Waals surface area contributed by atoms with Gasteiger partial charge in [0.05, 0.1) is 6.10 Å². The molecule has 0 amide bonds. The number of rotatable bonds is 4. The van der Waals surface area contributed by atoms with Gasteiger partial charge in [0.25, 0.3) is 0 Å². The zero-order valence-electron chi connectivity index (χ0n) is 8.77. The average Bonchev–Trinajstić information content (AvgIpc) is 2.15. The van der Waals surface area contributed by atoms with Crippen molar-refractivity contribution in [3.63, 3.8) is 0 Å². The van der Waals surface area contributed by atoms with Crippen LogP contribution in [0.5, 0.6) is 0 Å². The molecule has 0 heterocycles. The van der Waals surface area contributed by atoms with E-state index in [4.69, 9.17) is 23.2 Å². The van der Waals surface area contributed by atoms with E-state index < -0.39 is 18.7 Å². The van der Waals surface area contributed by atoms with Gasteiger partial charge in [-0.2, -0.15) is 13.2 Å². The van der Waals surface area contributed by atoms with E-state index in [0.717, 1.165) is 0 Å². The average molecular weight is 287 g/mol. The zero-order valence-corrected chi connectivity index (χ0v) is 10.3. The molecule has 1 rings (SSSR count). The molecule has 1 nitrogen and oxygen atoms in total. The molecular weight excluding hydrogens is 276 g/mol. The summed E-state index contributed by atoms with van der Waals surface area (Å²) in [5, 5.41) is 10.4. The van der Waals surface area contributed by atoms with Gasteiger partial charge < -0.3 is 5.11 Å². The van der Waals surface area contributed by atoms with Crippen LogP contribution in [0.2, 0.25) is 10.0 Å². The summed E-state index contributed by atoms with van der Waals surface area (Å²) in [6, 6.07) is 4.50. The fourth-order valence-corrected chi connectivity index (χ4v) is 1.96. The SMILES string of the molecule is OC(CCCC(F)(F)F)c1ccc(Cl)cc1Cl. The van der Waals surface area contributed by atoms with Crippen LogP contribution in [0.15, 0.2) is 18.2 Å². The fourth-order valence-electron chi connectivity index (χ4n) is 1.42. The first-order valence-electron chi connectivity index (χ1n) is 4.99. The van der Waals surface area contributed by atoms with Gasteiger partial charge in [0.15, 0.2) is 0 Å². The zero-order chi connectivity index (χ0) is 13.1. The van der Waals surface area contributed by atoms with Crippen molar-refractivity contribution < 1.29 is 18.3 Å². The summed E-state index contributed by atoms with van der Waals surface area (Å²) in [5.74, 6) is 0. The van der Waals surface area contributed by atoms with Crippen molar-refractivity contribution in [3.05, 3.63) is 33.8 Å². The normalized spacial score (nSPS) is 13.8. The van der Waals surface area contributed by atoms with Crippen molar-refractivity contribution in [2.24, 2.45) is 0 Å². The fraction of sp³-hybridized carbons (Fsp3) is 0.455. The summed E-state index contributed by atoms with van der Waals surface area (Å²) in [5.41, 5.74) is 0.401. The highest BCUT2D eigenvalue weighted by molar-refractivity contribution is 6.35. The van der Waals surface area contributed by atoms with E-state index in [0.29, 0.717) is 10.6 Å². The summed E-state index contributed by atoms with van der Waals surface area (Å²) >= 11 is 11.5. The Balaban J connectivity index is 2.55. The molecular formula is C11H11Cl2F3O. The molecule has 0 radical (unpaired) electrons. The van der Waals surface area contributed by atoms with Crippen LogP contribution in [0.25, 0.3) is 0 Å². The number of alkyl halides is 3. The third-order valence-corrected chi connectivity index (χ3v) is 2.82. The molecule has 0 aromatic heterocycles. The number of hydrogen-bond acceptors (Lipinski definition) is 1. The molecule has 0 bridgehead atoms. The molecule has 1 atom stereocenters. The quantitative estimate of drug-likeness (QED) is 0.846. The topological polar surface area (TPSA) is 20.2 Å². The lowest BCUT2D eigenvalue weighted by molar-refractivity contribution is -0.136. The predicted molar refractivity (Wildman–Crippen MR) is 61.3 cm³/mol. The maximum Gasteiger partial charge on any atom is 0.389 e. The molecule has 96 valence electrons. The largest absolute Gasteiger partial charge is 0.389 e. The molecule has 0 saturated heterocycles. The maximum atomic E-state index is 11.9. The summed E-state index contributed by atoms with van der Waals surface area (Å²) < 4.78 is 35.7. The minimum atomic E-state index is -4.19. The van der Waals surface area contributed by atoms with Crippen molar-refractivity contribution in [2.75, 3.05) is 0 Å². The van der Waals surface area contributed by atoms with Crippen LogP contribution >= 0.6 is 23.2 Å². The van der Waals surface area contributed by atoms with E-state index in [9.17, 15) is 18.3 Å². The van der Waals surface area contributed by atoms with Gasteiger partial charge in [-0.15, -0.1) is 0 Å². The number of aliphatic hydroxyl groups is 1. The van der Waals surface area contributed by atoms with Gasteiger partial charge in [-0.25, -0.2) is 0 Å². The molecule has 0 fully saturated rings. The van der Waals surface area contributed by atoms with E-state index in [1.54, 1.807) is 0 Å². The molecule has 1 unspecified atom stereocenters. The molecule has 0 aliphatic rings. The number of halogens is 5. The van der Waals surface area contributed by atoms with Crippen molar-refractivity contribution >= 4 is 23.2 Å². The maximum absolute atomic E-state index is 11.9. The van der Waals surface area contributed by atoms with E-state index in [1.807, 2.05) is 0 Å². The Hall–Kier alpha value is -0.450. The van der Waals surface area contributed by atoms with Crippen LogP contribution in [-0.4, -0.2) is 11.3 Å². The Morgan fingerprint density at radius 1 is 1.24 bits per heavy atom. The van der Waals surface area contributed by atoms with E-state index in [-0.39, 0.29) is 17.9 Å². The molecule has 0 spiro atoms. The van der Waals surface area contributed by atoms with Crippen LogP contribution in [-0.2, 0) is 0 Å². The van der Waals surface area contributed by atoms with Crippen LogP contribution in [0.1, 0.15) is 30.9 Å². The Labute approximate surface area is 107 Å². The van der Waals surface area contributed by atoms with Crippen molar-refractivity contribution in [1.82, 2.24) is 0 Å². The van der Waals surface area contributed by atoms with Crippen LogP contribution in [0, 0.1) is 0 Å². The lowest BCUT2D eigenvalue weighted by Gasteiger charge is -2.13. The Morgan fingerprint density at radius 2 is 1.88 bits per heavy atom. The first kappa shape index (κ1) is 14.6. The lowest BCUT2D eigenvalue weighted by atomic mass is 10.0. The van der Waals surface area contributed by atoms with Gasteiger partial charge in [0.2, 0.25) is 0 Å². The van der Waals surface area contributed by atoms with Gasteiger partial charge in [-0.3, -0.25) is 0 Å². The first-order valence-corrected chi connectivity index (χ1v) is 5.75. The highest BCUT2D eigenvalue weighted by atomic mass is 35.5. The third-order valence-electron chi connectivity index (χ3n) is 2.26. The van der Waals surface area contributed by atoms with Gasteiger partial charge in [0, 0.05) is 16.5 Å². The Bertz CT molecular complexity index is 379. The van der Waals surface area contributed by atoms with Crippen molar-refractivity contribution in [3.8, 4) is 0 Å². The number of aliphatic hydroxyl groups excluding tert-OH is 1. The van der Waals surface area contributed by atoms with Gasteiger partial charge in [0.1, 0.15) is 0 Å². The summed E-state index contributed by atoms with van der Waals surface area (Å²) in [6.45, 7) is 0. The van der Waals surface area contributed by atoms with E-state index in [1.165, 1.54) is 18.2 Å². The monoisotopic (exact) mass is 286 g/mol. The third kappa shape index (κ3) is 5.15. The molecule has 1 aromatic carbocycles. The second kappa shape index (κ2) is 5.94. The molecule has 6 heteroatoms. The second-order valence-electron chi connectivity index (χ2n) is 3.69. The van der Waals surface area contributed by atoms with E-state index in [2.05, 4.69) is 0 Å². The molecule has 1 N–H and O–H groups in total. The smallest absolute Gasteiger partial charge is 0.388 e. The Kier molecular flexibility index (Phi) is 5.10. The molecule has 0 aliphatic carbocycles. The van der Waals surface area contributed by atoms with Gasteiger partial charge in [-0.1, -0.05) is 29.3 Å². The molecule has 17 heavy (non-hydrogen) atoms. The summed E-state index contributed by atoms with van der Waals surface area (Å²) in [4.78, 5) is 0. The molecule has 0 aliphatic heterocycles. The van der Waals surface area contributed by atoms with Crippen LogP contribution < -0.4 is 0 Å². The van der Waals surface area contributed by atoms with Gasteiger partial charge >= 0.3 is 6.18 Å². The van der Waals surface area contributed by atoms with Crippen LogP contribution in [0.4, 0.5) is 13.2 Å². The predicted octanol–water partition coefficient (Wildman–Crippen LogP) is 4.76. The van der Waals surface area contributed by atoms with Gasteiger partial charge in [-0.05, 0) is 30.5 Å². The minimum Gasteiger partial charge on any atom is -0.388 e. The standard InChI is InChI=1S/C11H11Cl2F3O/c12-7-3-4-8(9(13)6-7)10(17)2-1-5-11(14,15)16/h3-4,6,10,17H,1-2,5H2. The van der Waals surface area contributed by atoms with Crippen molar-refractivity contribution in [2.45, 2.75) is 31.5 Å². The lowest BCUT2D eigenvalue weighted by Crippen LogP contribution is -2.08. The Morgan fingerprint density at radius 3 is 2.41 bits per heavy atom. The highest BCUT2D eigenvalue weighted by Crippen LogP contribution is 2.30. The highest BCUT2D eigenvalue weighted by Gasteiger charge is 2.26. The summed E-state index contributed by atoms with van der Waals surface area (Å²) in [7, 11) is 0. The van der Waals surface area contributed by atoms with Crippen LogP contribution in [0.3, 0.4) is 0 Å². The number of benzene rings is 1. The molecule has 0 saturated carbocycles. The molecule has 1 aromatic rings.